The predicted molar refractivity (Wildman–Crippen MR) is 142 cm³/mol. The molecule has 2 heterocycles. The molecule has 0 radical (unpaired) electrons. The third-order valence-corrected chi connectivity index (χ3v) is 6.18. The smallest absolute Gasteiger partial charge is 0.328 e. The number of hydrogen-bond donors (Lipinski definition) is 3. The van der Waals surface area contributed by atoms with E-state index in [0.29, 0.717) is 30.2 Å². The van der Waals surface area contributed by atoms with E-state index >= 15 is 0 Å². The summed E-state index contributed by atoms with van der Waals surface area (Å²) in [5, 5.41) is 36.8. The summed E-state index contributed by atoms with van der Waals surface area (Å²) >= 11 is 0. The molecule has 3 N–H and O–H groups in total. The normalized spacial score (nSPS) is 13.8. The Labute approximate surface area is 233 Å². The van der Waals surface area contributed by atoms with Gasteiger partial charge in [-0.15, -0.1) is 10.2 Å². The van der Waals surface area contributed by atoms with Gasteiger partial charge in [0.25, 0.3) is 5.69 Å². The molecular weight excluding hydrogens is 541 g/mol. The fourth-order valence-corrected chi connectivity index (χ4v) is 4.05. The van der Waals surface area contributed by atoms with Crippen molar-refractivity contribution in [2.24, 2.45) is 5.92 Å². The molecule has 1 amide bonds. The first kappa shape index (κ1) is 30.6. The molecule has 0 atom stereocenters. The molecule has 4 rings (SSSR count). The van der Waals surface area contributed by atoms with Gasteiger partial charge in [-0.2, -0.15) is 0 Å². The Kier molecular flexibility index (Phi) is 11.2. The molecule has 0 unspecified atom stereocenters. The minimum atomic E-state index is -1.26. The van der Waals surface area contributed by atoms with Gasteiger partial charge in [0.05, 0.1) is 4.92 Å². The lowest BCUT2D eigenvalue weighted by Gasteiger charge is -2.32. The summed E-state index contributed by atoms with van der Waals surface area (Å²) in [6, 6.07) is 12.3. The Bertz CT molecular complexity index is 1350. The van der Waals surface area contributed by atoms with Gasteiger partial charge >= 0.3 is 23.7 Å². The molecule has 14 heteroatoms. The Balaban J connectivity index is 0.000000507. The van der Waals surface area contributed by atoms with Crippen molar-refractivity contribution in [1.82, 2.24) is 20.4 Å². The van der Waals surface area contributed by atoms with E-state index in [-0.39, 0.29) is 23.3 Å². The third-order valence-electron chi connectivity index (χ3n) is 6.18. The van der Waals surface area contributed by atoms with Gasteiger partial charge in [0.15, 0.2) is 0 Å². The minimum Gasteiger partial charge on any atom is -0.478 e. The molecule has 13 nitrogen and oxygen atoms in total. The summed E-state index contributed by atoms with van der Waals surface area (Å²) < 4.78 is 18.5. The van der Waals surface area contributed by atoms with Crippen LogP contribution in [0.15, 0.2) is 65.1 Å². The first-order valence-electron chi connectivity index (χ1n) is 12.6. The molecule has 2 aromatic carbocycles. The molecular formula is C27H28FN5O8. The number of benzene rings is 2. The molecule has 1 fully saturated rings. The number of rotatable bonds is 10. The second-order valence-electron chi connectivity index (χ2n) is 9.12. The van der Waals surface area contributed by atoms with Gasteiger partial charge in [0.2, 0.25) is 5.89 Å². The van der Waals surface area contributed by atoms with E-state index in [2.05, 4.69) is 20.4 Å². The van der Waals surface area contributed by atoms with Gasteiger partial charge in [0, 0.05) is 42.9 Å². The average Bonchev–Trinajstić information content (AvgIpc) is 3.45. The number of carbonyl (C=O) groups is 3. The quantitative estimate of drug-likeness (QED) is 0.184. The molecule has 3 aromatic rings. The lowest BCUT2D eigenvalue weighted by molar-refractivity contribution is -0.384. The number of nitro groups is 1. The van der Waals surface area contributed by atoms with Crippen LogP contribution < -0.4 is 5.32 Å². The highest BCUT2D eigenvalue weighted by Crippen LogP contribution is 2.23. The number of aliphatic carboxylic acids is 2. The van der Waals surface area contributed by atoms with Crippen LogP contribution in [0.2, 0.25) is 0 Å². The van der Waals surface area contributed by atoms with Crippen LogP contribution in [-0.4, -0.2) is 67.7 Å². The molecule has 0 spiro atoms. The van der Waals surface area contributed by atoms with Crippen LogP contribution in [0.3, 0.4) is 0 Å². The van der Waals surface area contributed by atoms with Crippen LogP contribution in [0.25, 0.3) is 11.5 Å². The Morgan fingerprint density at radius 3 is 2.20 bits per heavy atom. The van der Waals surface area contributed by atoms with Crippen molar-refractivity contribution in [2.75, 3.05) is 19.6 Å². The maximum Gasteiger partial charge on any atom is 0.328 e. The van der Waals surface area contributed by atoms with E-state index in [4.69, 9.17) is 14.6 Å². The number of non-ortho nitro benzene ring substituents is 1. The number of carbonyl (C=O) groups excluding carboxylic acids is 1. The lowest BCUT2D eigenvalue weighted by atomic mass is 9.93. The maximum atomic E-state index is 13.0. The topological polar surface area (TPSA) is 189 Å². The summed E-state index contributed by atoms with van der Waals surface area (Å²) in [6.45, 7) is 3.27. The number of nitrogens with zero attached hydrogens (tertiary/aromatic N) is 4. The molecule has 0 bridgehead atoms. The number of carboxylic acids is 2. The lowest BCUT2D eigenvalue weighted by Crippen LogP contribution is -2.35. The van der Waals surface area contributed by atoms with Crippen molar-refractivity contribution in [1.29, 1.82) is 0 Å². The van der Waals surface area contributed by atoms with Gasteiger partial charge in [-0.1, -0.05) is 12.1 Å². The molecule has 1 aliphatic heterocycles. The number of aromatic nitrogens is 2. The zero-order chi connectivity index (χ0) is 29.8. The number of nitrogens with one attached hydrogen (secondary N) is 1. The van der Waals surface area contributed by atoms with Gasteiger partial charge in [0.1, 0.15) is 5.82 Å². The van der Waals surface area contributed by atoms with Crippen molar-refractivity contribution >= 4 is 23.5 Å². The molecule has 1 aromatic heterocycles. The number of halogens is 1. The van der Waals surface area contributed by atoms with Crippen LogP contribution in [0, 0.1) is 21.8 Å². The molecule has 0 saturated carbocycles. The largest absolute Gasteiger partial charge is 0.478 e. The number of likely N-dealkylation sites (tertiary alicyclic amines) is 1. The monoisotopic (exact) mass is 569 g/mol. The third kappa shape index (κ3) is 10.3. The summed E-state index contributed by atoms with van der Waals surface area (Å²) in [4.78, 5) is 44.0. The fraction of sp³-hybridized carbons (Fsp3) is 0.296. The second kappa shape index (κ2) is 15.0. The fourth-order valence-electron chi connectivity index (χ4n) is 4.05. The molecule has 41 heavy (non-hydrogen) atoms. The van der Waals surface area contributed by atoms with Crippen LogP contribution in [0.1, 0.15) is 35.5 Å². The highest BCUT2D eigenvalue weighted by Gasteiger charge is 2.21. The van der Waals surface area contributed by atoms with Crippen LogP contribution >= 0.6 is 0 Å². The highest BCUT2D eigenvalue weighted by atomic mass is 19.1. The van der Waals surface area contributed by atoms with Gasteiger partial charge < -0.3 is 19.9 Å². The standard InChI is InChI=1S/C23H24FN5O4.C4H4O4/c24-19-5-1-17(2-6-19)15-28-13-10-16(11-14-28)9-12-25-21(30)23-27-26-22(33-23)18-3-7-20(8-4-18)29(31)32;5-3(6)1-2-4(7)8/h1-8,16H,9-15H2,(H,25,30);1-2H,(H,5,6)(H,7,8)/b;2-1+. The molecule has 216 valence electrons. The summed E-state index contributed by atoms with van der Waals surface area (Å²) in [5.41, 5.74) is 1.56. The minimum absolute atomic E-state index is 0.0440. The van der Waals surface area contributed by atoms with E-state index in [1.54, 1.807) is 0 Å². The Morgan fingerprint density at radius 1 is 1.02 bits per heavy atom. The van der Waals surface area contributed by atoms with Crippen molar-refractivity contribution in [3.63, 3.8) is 0 Å². The summed E-state index contributed by atoms with van der Waals surface area (Å²) in [7, 11) is 0. The zero-order valence-corrected chi connectivity index (χ0v) is 21.8. The first-order valence-corrected chi connectivity index (χ1v) is 12.6. The van der Waals surface area contributed by atoms with E-state index in [1.807, 2.05) is 12.1 Å². The molecule has 1 aliphatic rings. The number of nitro benzene ring substituents is 1. The van der Waals surface area contributed by atoms with Crippen LogP contribution in [0.5, 0.6) is 0 Å². The number of piperidine rings is 1. The number of carboxylic acid groups (broad SMARTS) is 2. The predicted octanol–water partition coefficient (Wildman–Crippen LogP) is 3.53. The SMILES string of the molecule is O=C(NCCC1CCN(Cc2ccc(F)cc2)CC1)c1nnc(-c2ccc([N+](=O)[O-])cc2)o1.O=C(O)/C=C/C(=O)O. The number of amides is 1. The van der Waals surface area contributed by atoms with E-state index in [1.165, 1.54) is 36.4 Å². The molecule has 1 saturated heterocycles. The van der Waals surface area contributed by atoms with Gasteiger partial charge in [-0.3, -0.25) is 19.8 Å². The summed E-state index contributed by atoms with van der Waals surface area (Å²) in [6.07, 6.45) is 4.06. The zero-order valence-electron chi connectivity index (χ0n) is 21.8. The first-order chi connectivity index (χ1) is 19.6. The van der Waals surface area contributed by atoms with E-state index in [0.717, 1.165) is 44.5 Å². The highest BCUT2D eigenvalue weighted by molar-refractivity contribution is 5.90. The second-order valence-corrected chi connectivity index (χ2v) is 9.12. The molecule has 0 aliphatic carbocycles. The van der Waals surface area contributed by atoms with E-state index in [9.17, 15) is 28.9 Å². The van der Waals surface area contributed by atoms with Crippen LogP contribution in [0.4, 0.5) is 10.1 Å². The van der Waals surface area contributed by atoms with E-state index < -0.39 is 22.8 Å². The summed E-state index contributed by atoms with van der Waals surface area (Å²) in [5.74, 6) is -2.67. The van der Waals surface area contributed by atoms with Crippen molar-refractivity contribution in [3.8, 4) is 11.5 Å². The average molecular weight is 570 g/mol. The van der Waals surface area contributed by atoms with Gasteiger partial charge in [-0.05, 0) is 68.1 Å². The van der Waals surface area contributed by atoms with Crippen molar-refractivity contribution in [3.05, 3.63) is 88.1 Å². The number of hydrogen-bond acceptors (Lipinski definition) is 9. The Morgan fingerprint density at radius 2 is 1.63 bits per heavy atom. The Hall–Kier alpha value is -4.98. The van der Waals surface area contributed by atoms with Gasteiger partial charge in [-0.25, -0.2) is 14.0 Å². The van der Waals surface area contributed by atoms with Crippen molar-refractivity contribution < 1.29 is 38.3 Å². The maximum absolute atomic E-state index is 13.0. The van der Waals surface area contributed by atoms with Crippen LogP contribution in [-0.2, 0) is 16.1 Å². The van der Waals surface area contributed by atoms with Crippen molar-refractivity contribution in [2.45, 2.75) is 25.8 Å².